The van der Waals surface area contributed by atoms with Crippen molar-refractivity contribution in [1.29, 1.82) is 0 Å². The molecule has 0 saturated heterocycles. The fraction of sp³-hybridized carbons (Fsp3) is 0. The van der Waals surface area contributed by atoms with E-state index in [1.54, 1.807) is 6.20 Å². The van der Waals surface area contributed by atoms with E-state index in [0.29, 0.717) is 0 Å². The number of nitrogens with zero attached hydrogens (tertiary/aromatic N) is 5. The van der Waals surface area contributed by atoms with Gasteiger partial charge in [-0.05, 0) is 47.9 Å². The Kier molecular flexibility index (Phi) is 3.34. The maximum absolute atomic E-state index is 5.04. The number of aromatic nitrogens is 5. The van der Waals surface area contributed by atoms with Gasteiger partial charge in [-0.3, -0.25) is 14.4 Å². The highest BCUT2D eigenvalue weighted by molar-refractivity contribution is 6.21. The van der Waals surface area contributed by atoms with Crippen LogP contribution in [0.15, 0.2) is 104 Å². The zero-order chi connectivity index (χ0) is 22.2. The predicted octanol–water partition coefficient (Wildman–Crippen LogP) is 6.68. The average Bonchev–Trinajstić information content (AvgIpc) is 3.44. The average molecular weight is 435 g/mol. The van der Waals surface area contributed by atoms with Crippen LogP contribution < -0.4 is 0 Å². The molecule has 34 heavy (non-hydrogen) atoms. The Morgan fingerprint density at radius 1 is 0.529 bits per heavy atom. The van der Waals surface area contributed by atoms with Crippen molar-refractivity contribution in [3.05, 3.63) is 104 Å². The van der Waals surface area contributed by atoms with Gasteiger partial charge in [-0.2, -0.15) is 0 Å². The van der Waals surface area contributed by atoms with Gasteiger partial charge in [-0.1, -0.05) is 36.4 Å². The third-order valence-electron chi connectivity index (χ3n) is 6.85. The van der Waals surface area contributed by atoms with Gasteiger partial charge >= 0.3 is 0 Å². The maximum Gasteiger partial charge on any atom is 0.146 e. The van der Waals surface area contributed by atoms with E-state index in [0.717, 1.165) is 44.0 Å². The van der Waals surface area contributed by atoms with Crippen LogP contribution in [0.5, 0.6) is 0 Å². The second-order valence-corrected chi connectivity index (χ2v) is 8.63. The van der Waals surface area contributed by atoms with Crippen molar-refractivity contribution in [2.45, 2.75) is 0 Å². The molecule has 0 aliphatic carbocycles. The second kappa shape index (κ2) is 6.39. The Morgan fingerprint density at radius 3 is 2.29 bits per heavy atom. The smallest absolute Gasteiger partial charge is 0.146 e. The fourth-order valence-electron chi connectivity index (χ4n) is 5.42. The molecule has 0 radical (unpaired) electrons. The molecular formula is C29H17N5. The molecule has 5 aromatic heterocycles. The summed E-state index contributed by atoms with van der Waals surface area (Å²) in [6, 6.07) is 27.8. The van der Waals surface area contributed by atoms with Gasteiger partial charge in [0.25, 0.3) is 0 Å². The van der Waals surface area contributed by atoms with Crippen LogP contribution in [0.4, 0.5) is 0 Å². The van der Waals surface area contributed by atoms with Crippen molar-refractivity contribution in [2.75, 3.05) is 0 Å². The first-order valence-corrected chi connectivity index (χ1v) is 11.3. The highest BCUT2D eigenvalue weighted by atomic mass is 15.0. The molecule has 0 aliphatic heterocycles. The van der Waals surface area contributed by atoms with Crippen LogP contribution in [0.3, 0.4) is 0 Å². The standard InChI is InChI=1S/C29H17N5/c1-2-6-18(7-3-1)33-25-9-5-4-8-19(25)21-14-22-20(15-27(21)33)23-16-30-13-11-26(23)34-28-17-31-12-10-24(28)32-29(22)34/h1-17H. The summed E-state index contributed by atoms with van der Waals surface area (Å²) in [4.78, 5) is 13.9. The summed E-state index contributed by atoms with van der Waals surface area (Å²) in [6.07, 6.45) is 7.49. The molecule has 5 heterocycles. The molecule has 5 heteroatoms. The van der Waals surface area contributed by atoms with E-state index in [2.05, 4.69) is 91.7 Å². The third-order valence-corrected chi connectivity index (χ3v) is 6.85. The van der Waals surface area contributed by atoms with Crippen LogP contribution >= 0.6 is 0 Å². The Bertz CT molecular complexity index is 2070. The zero-order valence-corrected chi connectivity index (χ0v) is 18.1. The molecular weight excluding hydrogens is 418 g/mol. The summed E-state index contributed by atoms with van der Waals surface area (Å²) in [6.45, 7) is 0. The molecule has 0 unspecified atom stereocenters. The Hall–Kier alpha value is -4.77. The molecule has 0 saturated carbocycles. The number of imidazole rings is 1. The number of pyridine rings is 3. The zero-order valence-electron chi connectivity index (χ0n) is 18.1. The van der Waals surface area contributed by atoms with Crippen LogP contribution in [0.25, 0.3) is 65.8 Å². The Balaban J connectivity index is 1.67. The van der Waals surface area contributed by atoms with E-state index in [1.165, 1.54) is 21.8 Å². The maximum atomic E-state index is 5.04. The molecule has 0 spiro atoms. The summed E-state index contributed by atoms with van der Waals surface area (Å²) in [7, 11) is 0. The van der Waals surface area contributed by atoms with Gasteiger partial charge in [0, 0.05) is 45.8 Å². The summed E-state index contributed by atoms with van der Waals surface area (Å²) < 4.78 is 4.56. The fourth-order valence-corrected chi connectivity index (χ4v) is 5.42. The molecule has 0 fully saturated rings. The van der Waals surface area contributed by atoms with Gasteiger partial charge in [0.2, 0.25) is 0 Å². The number of rotatable bonds is 1. The van der Waals surface area contributed by atoms with Crippen LogP contribution in [0, 0.1) is 0 Å². The lowest BCUT2D eigenvalue weighted by molar-refractivity contribution is 1.18. The van der Waals surface area contributed by atoms with Gasteiger partial charge in [0.05, 0.1) is 33.8 Å². The van der Waals surface area contributed by atoms with Crippen LogP contribution in [-0.4, -0.2) is 23.9 Å². The summed E-state index contributed by atoms with van der Waals surface area (Å²) >= 11 is 0. The monoisotopic (exact) mass is 435 g/mol. The topological polar surface area (TPSA) is 48.0 Å². The van der Waals surface area contributed by atoms with Crippen molar-refractivity contribution >= 4 is 60.2 Å². The van der Waals surface area contributed by atoms with Crippen molar-refractivity contribution in [1.82, 2.24) is 23.9 Å². The molecule has 0 amide bonds. The minimum Gasteiger partial charge on any atom is -0.309 e. The quantitative estimate of drug-likeness (QED) is 0.270. The van der Waals surface area contributed by atoms with Crippen molar-refractivity contribution < 1.29 is 0 Å². The molecule has 0 bridgehead atoms. The van der Waals surface area contributed by atoms with E-state index >= 15 is 0 Å². The Morgan fingerprint density at radius 2 is 1.35 bits per heavy atom. The lowest BCUT2D eigenvalue weighted by Crippen LogP contribution is -1.95. The minimum atomic E-state index is 0.937. The van der Waals surface area contributed by atoms with Gasteiger partial charge < -0.3 is 4.57 Å². The number of hydrogen-bond donors (Lipinski definition) is 0. The van der Waals surface area contributed by atoms with Gasteiger partial charge in [0.15, 0.2) is 0 Å². The lowest BCUT2D eigenvalue weighted by atomic mass is 10.0. The minimum absolute atomic E-state index is 0.937. The van der Waals surface area contributed by atoms with E-state index in [9.17, 15) is 0 Å². The van der Waals surface area contributed by atoms with Crippen molar-refractivity contribution in [3.8, 4) is 5.69 Å². The first-order valence-electron chi connectivity index (χ1n) is 11.3. The number of benzene rings is 3. The molecule has 3 aromatic carbocycles. The lowest BCUT2D eigenvalue weighted by Gasteiger charge is -2.11. The molecule has 0 atom stereocenters. The normalized spacial score (nSPS) is 12.1. The number of fused-ring (bicyclic) bond motifs is 11. The Labute approximate surface area is 193 Å². The largest absolute Gasteiger partial charge is 0.309 e. The number of para-hydroxylation sites is 2. The number of hydrogen-bond acceptors (Lipinski definition) is 3. The molecule has 0 N–H and O–H groups in total. The van der Waals surface area contributed by atoms with E-state index in [-0.39, 0.29) is 0 Å². The van der Waals surface area contributed by atoms with E-state index in [1.807, 2.05) is 24.7 Å². The molecule has 8 aromatic rings. The molecule has 158 valence electrons. The summed E-state index contributed by atoms with van der Waals surface area (Å²) in [5.41, 5.74) is 7.47. The van der Waals surface area contributed by atoms with Gasteiger partial charge in [-0.15, -0.1) is 0 Å². The van der Waals surface area contributed by atoms with Gasteiger partial charge in [0.1, 0.15) is 5.65 Å². The SMILES string of the molecule is c1ccc(-n2c3ccccc3c3cc4c(cc32)c2cnccc2n2c3cnccc3nc42)cc1. The summed E-state index contributed by atoms with van der Waals surface area (Å²) in [5, 5.41) is 5.79. The van der Waals surface area contributed by atoms with Crippen molar-refractivity contribution in [2.24, 2.45) is 0 Å². The highest BCUT2D eigenvalue weighted by Crippen LogP contribution is 2.38. The van der Waals surface area contributed by atoms with E-state index < -0.39 is 0 Å². The van der Waals surface area contributed by atoms with Gasteiger partial charge in [-0.25, -0.2) is 4.98 Å². The van der Waals surface area contributed by atoms with E-state index in [4.69, 9.17) is 4.98 Å². The molecule has 8 rings (SSSR count). The first kappa shape index (κ1) is 17.7. The highest BCUT2D eigenvalue weighted by Gasteiger charge is 2.18. The van der Waals surface area contributed by atoms with Crippen LogP contribution in [-0.2, 0) is 0 Å². The van der Waals surface area contributed by atoms with Crippen molar-refractivity contribution in [3.63, 3.8) is 0 Å². The molecule has 0 aliphatic rings. The van der Waals surface area contributed by atoms with Crippen LogP contribution in [0.2, 0.25) is 0 Å². The van der Waals surface area contributed by atoms with Crippen LogP contribution in [0.1, 0.15) is 0 Å². The second-order valence-electron chi connectivity index (χ2n) is 8.63. The molecule has 5 nitrogen and oxygen atoms in total. The third kappa shape index (κ3) is 2.20. The summed E-state index contributed by atoms with van der Waals surface area (Å²) in [5.74, 6) is 0. The first-order chi connectivity index (χ1) is 16.9. The predicted molar refractivity (Wildman–Crippen MR) is 138 cm³/mol.